The van der Waals surface area contributed by atoms with Gasteiger partial charge in [0.05, 0.1) is 12.1 Å². The molecule has 0 radical (unpaired) electrons. The Hall–Kier alpha value is -2.78. The Balaban J connectivity index is 1.77. The number of pyridine rings is 1. The van der Waals surface area contributed by atoms with Crippen LogP contribution in [-0.4, -0.2) is 31.3 Å². The van der Waals surface area contributed by atoms with Crippen molar-refractivity contribution in [1.82, 2.24) is 4.98 Å². The van der Waals surface area contributed by atoms with Gasteiger partial charge in [0.2, 0.25) is 0 Å². The van der Waals surface area contributed by atoms with Crippen LogP contribution in [0, 0.1) is 11.3 Å². The normalized spacial score (nSPS) is 9.78. The average molecular weight is 331 g/mol. The van der Waals surface area contributed by atoms with Gasteiger partial charge in [-0.25, -0.2) is 9.78 Å². The van der Waals surface area contributed by atoms with Crippen molar-refractivity contribution >= 4 is 29.2 Å². The molecule has 1 N–H and O–H groups in total. The zero-order valence-electron chi connectivity index (χ0n) is 12.5. The summed E-state index contributed by atoms with van der Waals surface area (Å²) in [6.07, 6.45) is 0.951. The molecule has 2 rings (SSSR count). The molecule has 7 heteroatoms. The lowest BCUT2D eigenvalue weighted by molar-refractivity contribution is 0.164. The predicted molar refractivity (Wildman–Crippen MR) is 88.6 cm³/mol. The van der Waals surface area contributed by atoms with Crippen LogP contribution in [0.4, 0.5) is 16.3 Å². The number of hydrogen-bond donors (Lipinski definition) is 1. The molecule has 0 saturated carbocycles. The molecular weight excluding hydrogens is 316 g/mol. The molecule has 0 aliphatic rings. The number of rotatable bonds is 5. The SMILES string of the molecule is CN(CCOC(=O)Nc1cccc(Cl)c1)c1ccc(C#N)cn1. The number of halogens is 1. The number of anilines is 2. The summed E-state index contributed by atoms with van der Waals surface area (Å²) in [5.74, 6) is 0.697. The monoisotopic (exact) mass is 330 g/mol. The van der Waals surface area contributed by atoms with Crippen molar-refractivity contribution in [2.75, 3.05) is 30.4 Å². The molecule has 0 aliphatic carbocycles. The third-order valence-corrected chi connectivity index (χ3v) is 3.23. The van der Waals surface area contributed by atoms with E-state index in [0.29, 0.717) is 28.6 Å². The second-order valence-electron chi connectivity index (χ2n) is 4.71. The van der Waals surface area contributed by atoms with E-state index in [1.807, 2.05) is 18.0 Å². The number of nitrogens with zero attached hydrogens (tertiary/aromatic N) is 3. The number of carbonyl (C=O) groups is 1. The molecule has 0 aliphatic heterocycles. The maximum atomic E-state index is 11.7. The fourth-order valence-corrected chi connectivity index (χ4v) is 1.98. The first kappa shape index (κ1) is 16.6. The van der Waals surface area contributed by atoms with Gasteiger partial charge in [-0.2, -0.15) is 5.26 Å². The van der Waals surface area contributed by atoms with Crippen LogP contribution in [0.5, 0.6) is 0 Å². The summed E-state index contributed by atoms with van der Waals surface area (Å²) in [6, 6.07) is 12.3. The maximum Gasteiger partial charge on any atom is 0.411 e. The third-order valence-electron chi connectivity index (χ3n) is 3.00. The first-order valence-electron chi connectivity index (χ1n) is 6.85. The van der Waals surface area contributed by atoms with E-state index in [0.717, 1.165) is 0 Å². The second kappa shape index (κ2) is 8.01. The fourth-order valence-electron chi connectivity index (χ4n) is 1.79. The number of hydrogen-bond acceptors (Lipinski definition) is 5. The van der Waals surface area contributed by atoms with Gasteiger partial charge in [0.25, 0.3) is 0 Å². The van der Waals surface area contributed by atoms with E-state index in [1.165, 1.54) is 6.20 Å². The van der Waals surface area contributed by atoms with E-state index in [-0.39, 0.29) is 6.61 Å². The molecule has 23 heavy (non-hydrogen) atoms. The number of ether oxygens (including phenoxy) is 1. The minimum absolute atomic E-state index is 0.199. The number of aromatic nitrogens is 1. The third kappa shape index (κ3) is 5.16. The number of amides is 1. The predicted octanol–water partition coefficient (Wildman–Crippen LogP) is 3.29. The molecule has 0 spiro atoms. The van der Waals surface area contributed by atoms with Crippen LogP contribution in [0.2, 0.25) is 5.02 Å². The van der Waals surface area contributed by atoms with E-state index < -0.39 is 6.09 Å². The van der Waals surface area contributed by atoms with Crippen molar-refractivity contribution in [3.63, 3.8) is 0 Å². The van der Waals surface area contributed by atoms with Gasteiger partial charge in [-0.3, -0.25) is 5.32 Å². The summed E-state index contributed by atoms with van der Waals surface area (Å²) in [6.45, 7) is 0.673. The number of nitrogens with one attached hydrogen (secondary N) is 1. The van der Waals surface area contributed by atoms with Gasteiger partial charge >= 0.3 is 6.09 Å². The molecule has 0 unspecified atom stereocenters. The van der Waals surface area contributed by atoms with Gasteiger partial charge in [-0.05, 0) is 30.3 Å². The smallest absolute Gasteiger partial charge is 0.411 e. The molecule has 118 valence electrons. The van der Waals surface area contributed by atoms with Gasteiger partial charge in [-0.15, -0.1) is 0 Å². The molecule has 1 aromatic heterocycles. The molecule has 1 aromatic carbocycles. The van der Waals surface area contributed by atoms with E-state index in [4.69, 9.17) is 21.6 Å². The van der Waals surface area contributed by atoms with Crippen LogP contribution in [0.15, 0.2) is 42.6 Å². The average Bonchev–Trinajstić information content (AvgIpc) is 2.55. The van der Waals surface area contributed by atoms with Crippen LogP contribution in [0.1, 0.15) is 5.56 Å². The highest BCUT2D eigenvalue weighted by Crippen LogP contribution is 2.15. The topological polar surface area (TPSA) is 78.2 Å². The molecule has 1 heterocycles. The molecular formula is C16H15ClN4O2. The quantitative estimate of drug-likeness (QED) is 0.910. The van der Waals surface area contributed by atoms with Crippen LogP contribution in [0.3, 0.4) is 0 Å². The van der Waals surface area contributed by atoms with Crippen molar-refractivity contribution in [3.05, 3.63) is 53.2 Å². The summed E-state index contributed by atoms with van der Waals surface area (Å²) in [7, 11) is 1.83. The second-order valence-corrected chi connectivity index (χ2v) is 5.15. The van der Waals surface area contributed by atoms with Crippen molar-refractivity contribution in [2.45, 2.75) is 0 Å². The first-order valence-corrected chi connectivity index (χ1v) is 7.23. The van der Waals surface area contributed by atoms with Crippen molar-refractivity contribution < 1.29 is 9.53 Å². The van der Waals surface area contributed by atoms with Crippen molar-refractivity contribution in [3.8, 4) is 6.07 Å². The maximum absolute atomic E-state index is 11.7. The van der Waals surface area contributed by atoms with E-state index >= 15 is 0 Å². The largest absolute Gasteiger partial charge is 0.447 e. The molecule has 0 fully saturated rings. The van der Waals surface area contributed by atoms with Crippen LogP contribution >= 0.6 is 11.6 Å². The highest BCUT2D eigenvalue weighted by Gasteiger charge is 2.06. The summed E-state index contributed by atoms with van der Waals surface area (Å²) in [4.78, 5) is 17.7. The molecule has 0 atom stereocenters. The Kier molecular flexibility index (Phi) is 5.78. The molecule has 1 amide bonds. The highest BCUT2D eigenvalue weighted by atomic mass is 35.5. The van der Waals surface area contributed by atoms with Crippen LogP contribution in [0.25, 0.3) is 0 Å². The number of benzene rings is 1. The molecule has 0 saturated heterocycles. The lowest BCUT2D eigenvalue weighted by Crippen LogP contribution is -2.26. The molecule has 0 bridgehead atoms. The van der Waals surface area contributed by atoms with E-state index in [2.05, 4.69) is 10.3 Å². The van der Waals surface area contributed by atoms with Crippen LogP contribution in [-0.2, 0) is 4.74 Å². The summed E-state index contributed by atoms with van der Waals surface area (Å²) < 4.78 is 5.11. The van der Waals surface area contributed by atoms with Crippen LogP contribution < -0.4 is 10.2 Å². The van der Waals surface area contributed by atoms with E-state index in [9.17, 15) is 4.79 Å². The molecule has 6 nitrogen and oxygen atoms in total. The minimum atomic E-state index is -0.548. The summed E-state index contributed by atoms with van der Waals surface area (Å²) in [5, 5.41) is 11.9. The van der Waals surface area contributed by atoms with Gasteiger partial charge < -0.3 is 9.64 Å². The van der Waals surface area contributed by atoms with Gasteiger partial charge in [0.1, 0.15) is 18.5 Å². The highest BCUT2D eigenvalue weighted by molar-refractivity contribution is 6.30. The van der Waals surface area contributed by atoms with Crippen molar-refractivity contribution in [1.29, 1.82) is 5.26 Å². The van der Waals surface area contributed by atoms with E-state index in [1.54, 1.807) is 36.4 Å². The number of likely N-dealkylation sites (N-methyl/N-ethyl adjacent to an activating group) is 1. The lowest BCUT2D eigenvalue weighted by Gasteiger charge is -2.17. The Morgan fingerprint density at radius 1 is 1.43 bits per heavy atom. The fraction of sp³-hybridized carbons (Fsp3) is 0.188. The number of carbonyl (C=O) groups excluding carboxylic acids is 1. The first-order chi connectivity index (χ1) is 11.1. The minimum Gasteiger partial charge on any atom is -0.447 e. The number of nitriles is 1. The zero-order chi connectivity index (χ0) is 16.7. The Morgan fingerprint density at radius 2 is 2.26 bits per heavy atom. The Labute approximate surface area is 139 Å². The Bertz CT molecular complexity index is 713. The standard InChI is InChI=1S/C16H15ClN4O2/c1-21(15-6-5-12(10-18)11-19-15)7-8-23-16(22)20-14-4-2-3-13(17)9-14/h2-6,9,11H,7-8H2,1H3,(H,20,22). The molecule has 2 aromatic rings. The zero-order valence-corrected chi connectivity index (χ0v) is 13.2. The lowest BCUT2D eigenvalue weighted by atomic mass is 10.3. The Morgan fingerprint density at radius 3 is 2.91 bits per heavy atom. The summed E-state index contributed by atoms with van der Waals surface area (Å²) in [5.41, 5.74) is 1.07. The van der Waals surface area contributed by atoms with Crippen molar-refractivity contribution in [2.24, 2.45) is 0 Å². The van der Waals surface area contributed by atoms with Gasteiger partial charge in [0.15, 0.2) is 0 Å². The summed E-state index contributed by atoms with van der Waals surface area (Å²) >= 11 is 5.84. The van der Waals surface area contributed by atoms with Gasteiger partial charge in [-0.1, -0.05) is 17.7 Å². The van der Waals surface area contributed by atoms with Gasteiger partial charge in [0, 0.05) is 24.0 Å².